The zero-order valence-electron chi connectivity index (χ0n) is 22.5. The van der Waals surface area contributed by atoms with Crippen LogP contribution >= 0.6 is 11.3 Å². The van der Waals surface area contributed by atoms with Gasteiger partial charge in [-0.1, -0.05) is 54.7 Å². The Labute approximate surface area is 237 Å². The van der Waals surface area contributed by atoms with E-state index in [1.807, 2.05) is 79.7 Å². The van der Waals surface area contributed by atoms with Gasteiger partial charge in [-0.05, 0) is 73.7 Å². The van der Waals surface area contributed by atoms with Crippen LogP contribution in [0.5, 0.6) is 10.8 Å². The first-order chi connectivity index (χ1) is 19.5. The van der Waals surface area contributed by atoms with E-state index in [0.29, 0.717) is 34.6 Å². The van der Waals surface area contributed by atoms with Crippen molar-refractivity contribution in [1.82, 2.24) is 15.6 Å². The Morgan fingerprint density at radius 2 is 1.80 bits per heavy atom. The van der Waals surface area contributed by atoms with Crippen LogP contribution in [0.1, 0.15) is 47.7 Å². The smallest absolute Gasteiger partial charge is 0.413 e. The van der Waals surface area contributed by atoms with E-state index in [2.05, 4.69) is 22.9 Å². The highest BCUT2D eigenvalue weighted by atomic mass is 32.1. The van der Waals surface area contributed by atoms with Crippen LogP contribution in [0.4, 0.5) is 15.6 Å². The Hall–Kier alpha value is -4.37. The highest BCUT2D eigenvalue weighted by Crippen LogP contribution is 2.40. The second-order valence-corrected chi connectivity index (χ2v) is 10.6. The van der Waals surface area contributed by atoms with Crippen molar-refractivity contribution in [2.75, 3.05) is 11.9 Å². The van der Waals surface area contributed by atoms with Crippen LogP contribution < -0.4 is 25.4 Å². The monoisotopic (exact) mass is 556 g/mol. The van der Waals surface area contributed by atoms with Crippen molar-refractivity contribution in [3.05, 3.63) is 89.5 Å². The fourth-order valence-electron chi connectivity index (χ4n) is 3.94. The molecule has 0 aliphatic heterocycles. The summed E-state index contributed by atoms with van der Waals surface area (Å²) in [4.78, 5) is 30.1. The molecule has 3 aromatic carbocycles. The van der Waals surface area contributed by atoms with E-state index in [0.717, 1.165) is 47.4 Å². The van der Waals surface area contributed by atoms with Crippen LogP contribution in [0.25, 0.3) is 11.3 Å². The Bertz CT molecular complexity index is 1470. The fraction of sp³-hybridized carbons (Fsp3) is 0.258. The molecular formula is C31H32N4O4S. The molecule has 1 heterocycles. The van der Waals surface area contributed by atoms with E-state index < -0.39 is 6.09 Å². The number of nitrogens with zero attached hydrogens (tertiary/aromatic N) is 1. The molecule has 1 aliphatic carbocycles. The average molecular weight is 557 g/mol. The number of thiazole rings is 1. The lowest BCUT2D eigenvalue weighted by Crippen LogP contribution is -2.26. The number of rotatable bonds is 11. The van der Waals surface area contributed by atoms with Crippen molar-refractivity contribution in [3.63, 3.8) is 0 Å². The van der Waals surface area contributed by atoms with Crippen molar-refractivity contribution in [1.29, 1.82) is 0 Å². The lowest BCUT2D eigenvalue weighted by Gasteiger charge is -2.10. The van der Waals surface area contributed by atoms with Crippen LogP contribution in [0.15, 0.2) is 72.8 Å². The summed E-state index contributed by atoms with van der Waals surface area (Å²) in [6.07, 6.45) is 2.40. The third kappa shape index (κ3) is 7.18. The van der Waals surface area contributed by atoms with Gasteiger partial charge >= 0.3 is 6.09 Å². The van der Waals surface area contributed by atoms with E-state index in [4.69, 9.17) is 14.5 Å². The summed E-state index contributed by atoms with van der Waals surface area (Å²) in [5.41, 5.74) is 4.58. The highest BCUT2D eigenvalue weighted by Gasteiger charge is 2.24. The average Bonchev–Trinajstić information content (AvgIpc) is 3.70. The second-order valence-electron chi connectivity index (χ2n) is 9.66. The summed E-state index contributed by atoms with van der Waals surface area (Å²) in [5, 5.41) is 10.0. The van der Waals surface area contributed by atoms with Gasteiger partial charge in [-0.15, -0.1) is 0 Å². The maximum Gasteiger partial charge on any atom is 0.413 e. The molecule has 2 amide bonds. The van der Waals surface area contributed by atoms with E-state index in [-0.39, 0.29) is 11.9 Å². The van der Waals surface area contributed by atoms with Gasteiger partial charge in [0.15, 0.2) is 5.13 Å². The first-order valence-corrected chi connectivity index (χ1v) is 14.2. The molecule has 206 valence electrons. The van der Waals surface area contributed by atoms with Crippen LogP contribution in [0, 0.1) is 6.92 Å². The normalized spacial score (nSPS) is 12.4. The predicted molar refractivity (Wildman–Crippen MR) is 158 cm³/mol. The summed E-state index contributed by atoms with van der Waals surface area (Å²) in [6.45, 7) is 5.00. The third-order valence-corrected chi connectivity index (χ3v) is 7.16. The van der Waals surface area contributed by atoms with E-state index in [9.17, 15) is 9.59 Å². The molecule has 9 heteroatoms. The number of nitrogens with one attached hydrogen (secondary N) is 3. The second kappa shape index (κ2) is 12.7. The molecule has 0 atom stereocenters. The molecule has 1 aromatic heterocycles. The molecule has 0 radical (unpaired) electrons. The number of aryl methyl sites for hydroxylation is 1. The molecule has 4 aromatic rings. The van der Waals surface area contributed by atoms with E-state index >= 15 is 0 Å². The number of carbonyl (C=O) groups excluding carboxylic acids is 2. The van der Waals surface area contributed by atoms with Gasteiger partial charge in [-0.3, -0.25) is 4.79 Å². The standard InChI is InChI=1S/C31H32N4O4S/c1-3-17-38-25-15-11-22(12-16-25)27-29(39-31(37)32-19-21-7-5-4-6-8-21)40-30(35-27)34-26-18-23(10-9-20(26)2)28(36)33-24-13-14-24/h4-12,15-16,18,24H,3,13-14,17,19H2,1-2H3,(H,32,37)(H,33,36)(H,34,35). The Kier molecular flexibility index (Phi) is 8.61. The van der Waals surface area contributed by atoms with Gasteiger partial charge in [-0.2, -0.15) is 0 Å². The molecule has 0 bridgehead atoms. The van der Waals surface area contributed by atoms with E-state index in [1.165, 1.54) is 11.3 Å². The number of hydrogen-bond acceptors (Lipinski definition) is 7. The number of ether oxygens (including phenoxy) is 2. The predicted octanol–water partition coefficient (Wildman–Crippen LogP) is 6.83. The number of hydrogen-bond donors (Lipinski definition) is 3. The van der Waals surface area contributed by atoms with Crippen molar-refractivity contribution >= 4 is 34.2 Å². The molecule has 3 N–H and O–H groups in total. The van der Waals surface area contributed by atoms with Gasteiger partial charge in [0.25, 0.3) is 5.91 Å². The minimum Gasteiger partial charge on any atom is -0.494 e. The summed E-state index contributed by atoms with van der Waals surface area (Å²) in [6, 6.07) is 23.0. The van der Waals surface area contributed by atoms with Crippen LogP contribution in [0.2, 0.25) is 0 Å². The molecule has 5 rings (SSSR count). The minimum absolute atomic E-state index is 0.0881. The first-order valence-electron chi connectivity index (χ1n) is 13.4. The molecular weight excluding hydrogens is 524 g/mol. The summed E-state index contributed by atoms with van der Waals surface area (Å²) >= 11 is 1.22. The lowest BCUT2D eigenvalue weighted by molar-refractivity contribution is 0.0951. The van der Waals surface area contributed by atoms with Crippen molar-refractivity contribution in [3.8, 4) is 22.1 Å². The zero-order chi connectivity index (χ0) is 27.9. The summed E-state index contributed by atoms with van der Waals surface area (Å²) < 4.78 is 11.5. The SMILES string of the molecule is CCCOc1ccc(-c2nc(Nc3cc(C(=O)NC4CC4)ccc3C)sc2OC(=O)NCc2ccccc2)cc1. The molecule has 1 aliphatic rings. The molecule has 1 saturated carbocycles. The van der Waals surface area contributed by atoms with Crippen molar-refractivity contribution < 1.29 is 19.1 Å². The Balaban J connectivity index is 1.37. The topological polar surface area (TPSA) is 102 Å². The molecule has 0 spiro atoms. The number of amides is 2. The molecule has 0 saturated heterocycles. The van der Waals surface area contributed by atoms with Crippen LogP contribution in [-0.4, -0.2) is 29.6 Å². The number of carbonyl (C=O) groups is 2. The summed E-state index contributed by atoms with van der Waals surface area (Å²) in [7, 11) is 0. The van der Waals surface area contributed by atoms with Gasteiger partial charge in [0.05, 0.1) is 6.61 Å². The van der Waals surface area contributed by atoms with Gasteiger partial charge < -0.3 is 25.4 Å². The van der Waals surface area contributed by atoms with Crippen molar-refractivity contribution in [2.24, 2.45) is 0 Å². The maximum atomic E-state index is 12.7. The summed E-state index contributed by atoms with van der Waals surface area (Å²) in [5.74, 6) is 0.675. The Morgan fingerprint density at radius 3 is 2.52 bits per heavy atom. The molecule has 8 nitrogen and oxygen atoms in total. The van der Waals surface area contributed by atoms with Gasteiger partial charge in [0.1, 0.15) is 11.4 Å². The van der Waals surface area contributed by atoms with Crippen molar-refractivity contribution in [2.45, 2.75) is 45.7 Å². The molecule has 40 heavy (non-hydrogen) atoms. The van der Waals surface area contributed by atoms with E-state index in [1.54, 1.807) is 0 Å². The third-order valence-electron chi connectivity index (χ3n) is 6.32. The Morgan fingerprint density at radius 1 is 1.02 bits per heavy atom. The van der Waals surface area contributed by atoms with Crippen LogP contribution in [0.3, 0.4) is 0 Å². The minimum atomic E-state index is -0.571. The first kappa shape index (κ1) is 27.2. The zero-order valence-corrected chi connectivity index (χ0v) is 23.3. The number of anilines is 2. The number of aromatic nitrogens is 1. The molecule has 1 fully saturated rings. The van der Waals surface area contributed by atoms with Gasteiger partial charge in [0, 0.05) is 29.4 Å². The highest BCUT2D eigenvalue weighted by molar-refractivity contribution is 7.18. The number of benzene rings is 3. The van der Waals surface area contributed by atoms with Gasteiger partial charge in [-0.25, -0.2) is 9.78 Å². The molecule has 0 unspecified atom stereocenters. The lowest BCUT2D eigenvalue weighted by atomic mass is 10.1. The quantitative estimate of drug-likeness (QED) is 0.187. The van der Waals surface area contributed by atoms with Gasteiger partial charge in [0.2, 0.25) is 5.06 Å². The fourth-order valence-corrected chi connectivity index (χ4v) is 4.79. The largest absolute Gasteiger partial charge is 0.494 e. The maximum absolute atomic E-state index is 12.7. The van der Waals surface area contributed by atoms with Crippen LogP contribution in [-0.2, 0) is 6.54 Å².